The molecule has 0 bridgehead atoms. The lowest BCUT2D eigenvalue weighted by atomic mass is 10.1. The topological polar surface area (TPSA) is 98.1 Å². The van der Waals surface area contributed by atoms with E-state index < -0.39 is 5.97 Å². The highest BCUT2D eigenvalue weighted by atomic mass is 16.5. The molecule has 0 radical (unpaired) electrons. The third-order valence-corrected chi connectivity index (χ3v) is 3.76. The molecule has 1 N–H and O–H groups in total. The molecule has 25 heavy (non-hydrogen) atoms. The summed E-state index contributed by atoms with van der Waals surface area (Å²) in [6.45, 7) is 1.77. The predicted octanol–water partition coefficient (Wildman–Crippen LogP) is 4.44. The van der Waals surface area contributed by atoms with Crippen LogP contribution in [0, 0.1) is 11.8 Å². The van der Waals surface area contributed by atoms with Crippen molar-refractivity contribution in [2.24, 2.45) is 5.18 Å². The second-order valence-electron chi connectivity index (χ2n) is 5.33. The number of pyridine rings is 1. The number of carboxylic acids is 1. The Bertz CT molecular complexity index is 985. The van der Waals surface area contributed by atoms with E-state index in [2.05, 4.69) is 10.2 Å². The van der Waals surface area contributed by atoms with Gasteiger partial charge in [0, 0.05) is 23.7 Å². The highest BCUT2D eigenvalue weighted by Gasteiger charge is 2.15. The first-order valence-electron chi connectivity index (χ1n) is 7.35. The van der Waals surface area contributed by atoms with E-state index in [0.29, 0.717) is 22.4 Å². The molecule has 0 spiro atoms. The van der Waals surface area contributed by atoms with Crippen molar-refractivity contribution in [1.29, 1.82) is 0 Å². The van der Waals surface area contributed by atoms with Crippen molar-refractivity contribution >= 4 is 22.6 Å². The smallest absolute Gasteiger partial charge is 0.339 e. The quantitative estimate of drug-likeness (QED) is 0.691. The maximum Gasteiger partial charge on any atom is 0.339 e. The molecular formula is C18H14N2O5. The number of nitrogens with zero attached hydrogens (tertiary/aromatic N) is 2. The molecule has 0 aliphatic rings. The number of aromatic carboxylic acids is 1. The lowest BCUT2D eigenvalue weighted by Crippen LogP contribution is -2.01. The van der Waals surface area contributed by atoms with Gasteiger partial charge in [-0.05, 0) is 35.9 Å². The van der Waals surface area contributed by atoms with Crippen LogP contribution in [-0.2, 0) is 0 Å². The zero-order valence-electron chi connectivity index (χ0n) is 13.5. The van der Waals surface area contributed by atoms with Crippen LogP contribution in [0.1, 0.15) is 15.9 Å². The van der Waals surface area contributed by atoms with Crippen LogP contribution >= 0.6 is 0 Å². The highest BCUT2D eigenvalue weighted by Crippen LogP contribution is 2.34. The van der Waals surface area contributed by atoms with Gasteiger partial charge in [0.2, 0.25) is 0 Å². The Morgan fingerprint density at radius 2 is 1.96 bits per heavy atom. The molecule has 1 heterocycles. The Morgan fingerprint density at radius 1 is 1.16 bits per heavy atom. The maximum atomic E-state index is 11.4. The fraction of sp³-hybridized carbons (Fsp3) is 0.111. The second kappa shape index (κ2) is 6.56. The Morgan fingerprint density at radius 3 is 2.64 bits per heavy atom. The number of aryl methyl sites for hydroxylation is 1. The van der Waals surface area contributed by atoms with E-state index in [1.165, 1.54) is 19.2 Å². The van der Waals surface area contributed by atoms with Crippen LogP contribution in [-0.4, -0.2) is 23.2 Å². The van der Waals surface area contributed by atoms with Gasteiger partial charge in [-0.1, -0.05) is 6.07 Å². The average Bonchev–Trinajstić information content (AvgIpc) is 2.62. The molecule has 0 saturated carbocycles. The Hall–Kier alpha value is -3.48. The van der Waals surface area contributed by atoms with Gasteiger partial charge in [-0.2, -0.15) is 0 Å². The van der Waals surface area contributed by atoms with Gasteiger partial charge in [-0.3, -0.25) is 4.98 Å². The van der Waals surface area contributed by atoms with Gasteiger partial charge in [-0.15, -0.1) is 4.91 Å². The minimum absolute atomic E-state index is 0.00648. The van der Waals surface area contributed by atoms with Gasteiger partial charge in [0.1, 0.15) is 28.5 Å². The molecule has 7 heteroatoms. The van der Waals surface area contributed by atoms with Gasteiger partial charge in [0.15, 0.2) is 0 Å². The molecule has 3 rings (SSSR count). The first-order chi connectivity index (χ1) is 12.0. The predicted molar refractivity (Wildman–Crippen MR) is 92.0 cm³/mol. The largest absolute Gasteiger partial charge is 0.496 e. The van der Waals surface area contributed by atoms with E-state index in [1.54, 1.807) is 37.4 Å². The fourth-order valence-corrected chi connectivity index (χ4v) is 2.45. The summed E-state index contributed by atoms with van der Waals surface area (Å²) in [6, 6.07) is 9.56. The monoisotopic (exact) mass is 338 g/mol. The number of nitroso groups, excluding NO2 is 1. The summed E-state index contributed by atoms with van der Waals surface area (Å²) >= 11 is 0. The van der Waals surface area contributed by atoms with Gasteiger partial charge >= 0.3 is 5.97 Å². The number of hydrogen-bond donors (Lipinski definition) is 1. The fourth-order valence-electron chi connectivity index (χ4n) is 2.45. The summed E-state index contributed by atoms with van der Waals surface area (Å²) in [5, 5.41) is 12.8. The number of aromatic nitrogens is 1. The van der Waals surface area contributed by atoms with E-state index in [4.69, 9.17) is 9.47 Å². The lowest BCUT2D eigenvalue weighted by molar-refractivity contribution is 0.0693. The first kappa shape index (κ1) is 16.4. The van der Waals surface area contributed by atoms with Crippen molar-refractivity contribution in [3.63, 3.8) is 0 Å². The summed E-state index contributed by atoms with van der Waals surface area (Å²) < 4.78 is 10.9. The normalized spacial score (nSPS) is 10.5. The molecule has 7 nitrogen and oxygen atoms in total. The summed E-state index contributed by atoms with van der Waals surface area (Å²) in [7, 11) is 1.40. The summed E-state index contributed by atoms with van der Waals surface area (Å²) in [4.78, 5) is 26.5. The van der Waals surface area contributed by atoms with E-state index in [-0.39, 0.29) is 17.0 Å². The van der Waals surface area contributed by atoms with Crippen molar-refractivity contribution in [1.82, 2.24) is 4.98 Å². The molecule has 2 aromatic carbocycles. The average molecular weight is 338 g/mol. The Kier molecular flexibility index (Phi) is 4.30. The van der Waals surface area contributed by atoms with Crippen molar-refractivity contribution in [3.05, 3.63) is 58.6 Å². The van der Waals surface area contributed by atoms with Crippen molar-refractivity contribution < 1.29 is 19.4 Å². The molecule has 0 saturated heterocycles. The minimum Gasteiger partial charge on any atom is -0.496 e. The van der Waals surface area contributed by atoms with Gasteiger partial charge in [0.25, 0.3) is 0 Å². The number of carboxylic acid groups (broad SMARTS) is 1. The molecule has 0 aliphatic carbocycles. The lowest BCUT2D eigenvalue weighted by Gasteiger charge is -2.12. The number of benzene rings is 2. The minimum atomic E-state index is -1.11. The van der Waals surface area contributed by atoms with Crippen molar-refractivity contribution in [2.45, 2.75) is 6.92 Å². The number of hydrogen-bond acceptors (Lipinski definition) is 6. The van der Waals surface area contributed by atoms with Gasteiger partial charge in [-0.25, -0.2) is 4.79 Å². The zero-order valence-corrected chi connectivity index (χ0v) is 13.5. The van der Waals surface area contributed by atoms with Crippen LogP contribution in [0.3, 0.4) is 0 Å². The number of rotatable bonds is 5. The molecule has 1 aromatic heterocycles. The zero-order chi connectivity index (χ0) is 18.0. The molecule has 0 fully saturated rings. The number of methoxy groups -OCH3 is 1. The van der Waals surface area contributed by atoms with Crippen LogP contribution in [0.5, 0.6) is 17.2 Å². The van der Waals surface area contributed by atoms with Crippen LogP contribution in [0.15, 0.2) is 47.8 Å². The Labute approximate surface area is 142 Å². The van der Waals surface area contributed by atoms with E-state index >= 15 is 0 Å². The summed E-state index contributed by atoms with van der Waals surface area (Å²) in [5.74, 6) is -0.0694. The van der Waals surface area contributed by atoms with Crippen LogP contribution in [0.2, 0.25) is 0 Å². The van der Waals surface area contributed by atoms with Crippen LogP contribution in [0.25, 0.3) is 10.9 Å². The molecule has 126 valence electrons. The number of ether oxygens (including phenoxy) is 2. The maximum absolute atomic E-state index is 11.4. The third-order valence-electron chi connectivity index (χ3n) is 3.76. The SMILES string of the molecule is COc1cc2nccc(Oc3ccc(C)c(N=O)c3)c2cc1C(=O)O. The number of carbonyl (C=O) groups is 1. The number of fused-ring (bicyclic) bond motifs is 1. The van der Waals surface area contributed by atoms with Crippen LogP contribution in [0.4, 0.5) is 5.69 Å². The van der Waals surface area contributed by atoms with E-state index in [0.717, 1.165) is 5.56 Å². The van der Waals surface area contributed by atoms with Crippen molar-refractivity contribution in [2.75, 3.05) is 7.11 Å². The summed E-state index contributed by atoms with van der Waals surface area (Å²) in [5.41, 5.74) is 1.55. The molecule has 0 unspecified atom stereocenters. The highest BCUT2D eigenvalue weighted by molar-refractivity contribution is 5.98. The Balaban J connectivity index is 2.11. The second-order valence-corrected chi connectivity index (χ2v) is 5.33. The van der Waals surface area contributed by atoms with Crippen molar-refractivity contribution in [3.8, 4) is 17.2 Å². The van der Waals surface area contributed by atoms with Crippen LogP contribution < -0.4 is 9.47 Å². The molecule has 0 amide bonds. The summed E-state index contributed by atoms with van der Waals surface area (Å²) in [6.07, 6.45) is 1.55. The molecular weight excluding hydrogens is 324 g/mol. The molecule has 0 aliphatic heterocycles. The molecule has 0 atom stereocenters. The third kappa shape index (κ3) is 3.12. The first-order valence-corrected chi connectivity index (χ1v) is 7.35. The van der Waals surface area contributed by atoms with E-state index in [9.17, 15) is 14.8 Å². The molecule has 3 aromatic rings. The van der Waals surface area contributed by atoms with Gasteiger partial charge < -0.3 is 14.6 Å². The van der Waals surface area contributed by atoms with Gasteiger partial charge in [0.05, 0.1) is 12.6 Å². The van der Waals surface area contributed by atoms with E-state index in [1.807, 2.05) is 0 Å². The standard InChI is InChI=1S/C18H14N2O5/c1-10-3-4-11(7-14(10)20-23)25-16-5-6-19-15-9-17(24-2)13(18(21)22)8-12(15)16/h3-9H,1-2H3,(H,21,22).